The zero-order valence-electron chi connectivity index (χ0n) is 16.8. The van der Waals surface area contributed by atoms with E-state index < -0.39 is 0 Å². The molecule has 0 saturated carbocycles. The van der Waals surface area contributed by atoms with Crippen molar-refractivity contribution >= 4 is 28.8 Å². The highest BCUT2D eigenvalue weighted by atomic mass is 32.1. The number of ether oxygens (including phenoxy) is 1. The highest BCUT2D eigenvalue weighted by molar-refractivity contribution is 7.12. The lowest BCUT2D eigenvalue weighted by molar-refractivity contribution is -0.137. The summed E-state index contributed by atoms with van der Waals surface area (Å²) >= 11 is 1.48. The molecule has 7 heteroatoms. The number of nitrogens with zero attached hydrogens (tertiary/aromatic N) is 3. The van der Waals surface area contributed by atoms with Gasteiger partial charge in [-0.15, -0.1) is 11.3 Å². The Balaban J connectivity index is 1.26. The number of anilines is 1. The molecule has 0 unspecified atom stereocenters. The van der Waals surface area contributed by atoms with Gasteiger partial charge < -0.3 is 19.4 Å². The first-order valence-corrected chi connectivity index (χ1v) is 11.0. The summed E-state index contributed by atoms with van der Waals surface area (Å²) in [6.07, 6.45) is 1.52. The van der Waals surface area contributed by atoms with Crippen LogP contribution < -0.4 is 9.64 Å². The fraction of sp³-hybridized carbons (Fsp3) is 0.455. The Morgan fingerprint density at radius 2 is 1.62 bits per heavy atom. The normalized spacial score (nSPS) is 18.0. The van der Waals surface area contributed by atoms with Crippen molar-refractivity contribution in [3.05, 3.63) is 46.7 Å². The van der Waals surface area contributed by atoms with Gasteiger partial charge in [0.25, 0.3) is 5.91 Å². The zero-order valence-corrected chi connectivity index (χ0v) is 17.6. The second-order valence-electron chi connectivity index (χ2n) is 7.55. The van der Waals surface area contributed by atoms with Crippen molar-refractivity contribution in [1.29, 1.82) is 0 Å². The molecule has 29 heavy (non-hydrogen) atoms. The van der Waals surface area contributed by atoms with Crippen molar-refractivity contribution in [2.75, 3.05) is 51.3 Å². The molecule has 2 saturated heterocycles. The topological polar surface area (TPSA) is 53.1 Å². The number of carbonyl (C=O) groups excluding carboxylic acids is 2. The molecule has 154 valence electrons. The van der Waals surface area contributed by atoms with E-state index in [0.29, 0.717) is 13.1 Å². The summed E-state index contributed by atoms with van der Waals surface area (Å²) in [5.74, 6) is 1.24. The van der Waals surface area contributed by atoms with Gasteiger partial charge in [0.1, 0.15) is 5.75 Å². The molecule has 0 radical (unpaired) electrons. The Labute approximate surface area is 175 Å². The van der Waals surface area contributed by atoms with Crippen LogP contribution in [0.5, 0.6) is 5.75 Å². The second kappa shape index (κ2) is 8.86. The number of rotatable bonds is 4. The number of thiophene rings is 1. The number of hydrogen-bond donors (Lipinski definition) is 0. The molecule has 6 nitrogen and oxygen atoms in total. The SMILES string of the molecule is COc1ccc(N2CCN(C(=O)C3CCN(C(=O)c4cccs4)CC3)CC2)cc1. The molecule has 2 aromatic rings. The summed E-state index contributed by atoms with van der Waals surface area (Å²) in [6, 6.07) is 11.8. The van der Waals surface area contributed by atoms with E-state index in [0.717, 1.165) is 49.6 Å². The van der Waals surface area contributed by atoms with E-state index in [2.05, 4.69) is 17.0 Å². The quantitative estimate of drug-likeness (QED) is 0.773. The molecule has 3 heterocycles. The first-order chi connectivity index (χ1) is 14.2. The second-order valence-corrected chi connectivity index (χ2v) is 8.50. The summed E-state index contributed by atoms with van der Waals surface area (Å²) in [5.41, 5.74) is 1.17. The molecule has 0 atom stereocenters. The van der Waals surface area contributed by atoms with Crippen LogP contribution in [0.15, 0.2) is 41.8 Å². The van der Waals surface area contributed by atoms with Crippen molar-refractivity contribution < 1.29 is 14.3 Å². The summed E-state index contributed by atoms with van der Waals surface area (Å²) in [7, 11) is 1.67. The molecule has 4 rings (SSSR count). The first-order valence-electron chi connectivity index (χ1n) is 10.2. The van der Waals surface area contributed by atoms with E-state index >= 15 is 0 Å². The number of amides is 2. The predicted octanol–water partition coefficient (Wildman–Crippen LogP) is 2.96. The molecular weight excluding hydrogens is 386 g/mol. The van der Waals surface area contributed by atoms with Crippen LogP contribution in [0.4, 0.5) is 5.69 Å². The molecule has 0 aliphatic carbocycles. The van der Waals surface area contributed by atoms with E-state index in [9.17, 15) is 9.59 Å². The van der Waals surface area contributed by atoms with Gasteiger partial charge in [0, 0.05) is 50.9 Å². The van der Waals surface area contributed by atoms with E-state index in [1.165, 1.54) is 17.0 Å². The van der Waals surface area contributed by atoms with Crippen molar-refractivity contribution in [2.45, 2.75) is 12.8 Å². The third-order valence-corrected chi connectivity index (χ3v) is 6.75. The monoisotopic (exact) mass is 413 g/mol. The lowest BCUT2D eigenvalue weighted by atomic mass is 9.94. The lowest BCUT2D eigenvalue weighted by Gasteiger charge is -2.39. The minimum Gasteiger partial charge on any atom is -0.497 e. The number of likely N-dealkylation sites (tertiary alicyclic amines) is 1. The average molecular weight is 414 g/mol. The van der Waals surface area contributed by atoms with E-state index in [1.54, 1.807) is 7.11 Å². The van der Waals surface area contributed by atoms with Crippen LogP contribution in [0.2, 0.25) is 0 Å². The molecule has 2 amide bonds. The van der Waals surface area contributed by atoms with Gasteiger partial charge in [-0.1, -0.05) is 6.07 Å². The molecule has 2 aliphatic rings. The number of methoxy groups -OCH3 is 1. The highest BCUT2D eigenvalue weighted by Gasteiger charge is 2.32. The van der Waals surface area contributed by atoms with E-state index in [1.807, 2.05) is 39.4 Å². The number of hydrogen-bond acceptors (Lipinski definition) is 5. The molecule has 1 aromatic heterocycles. The van der Waals surface area contributed by atoms with Crippen LogP contribution in [0.3, 0.4) is 0 Å². The Kier molecular flexibility index (Phi) is 6.04. The summed E-state index contributed by atoms with van der Waals surface area (Å²) in [4.78, 5) is 32.4. The van der Waals surface area contributed by atoms with Gasteiger partial charge >= 0.3 is 0 Å². The lowest BCUT2D eigenvalue weighted by Crippen LogP contribution is -2.52. The molecule has 0 bridgehead atoms. The number of carbonyl (C=O) groups is 2. The van der Waals surface area contributed by atoms with Gasteiger partial charge in [-0.25, -0.2) is 0 Å². The van der Waals surface area contributed by atoms with Gasteiger partial charge in [0.15, 0.2) is 0 Å². The van der Waals surface area contributed by atoms with Crippen LogP contribution in [0.1, 0.15) is 22.5 Å². The first kappa shape index (κ1) is 19.8. The summed E-state index contributed by atoms with van der Waals surface area (Å²) < 4.78 is 5.22. The molecule has 1 aromatic carbocycles. The van der Waals surface area contributed by atoms with Gasteiger partial charge in [0.05, 0.1) is 12.0 Å². The van der Waals surface area contributed by atoms with Crippen molar-refractivity contribution in [2.24, 2.45) is 5.92 Å². The van der Waals surface area contributed by atoms with Gasteiger partial charge in [-0.2, -0.15) is 0 Å². The maximum absolute atomic E-state index is 13.0. The van der Waals surface area contributed by atoms with Crippen LogP contribution in [-0.2, 0) is 4.79 Å². The third kappa shape index (κ3) is 4.40. The Morgan fingerprint density at radius 3 is 2.21 bits per heavy atom. The average Bonchev–Trinajstić information content (AvgIpc) is 3.33. The van der Waals surface area contributed by atoms with E-state index in [4.69, 9.17) is 4.74 Å². The molecule has 2 fully saturated rings. The fourth-order valence-electron chi connectivity index (χ4n) is 4.12. The highest BCUT2D eigenvalue weighted by Crippen LogP contribution is 2.25. The minimum absolute atomic E-state index is 0.0370. The number of benzene rings is 1. The number of piperazine rings is 1. The van der Waals surface area contributed by atoms with Crippen molar-refractivity contribution in [1.82, 2.24) is 9.80 Å². The fourth-order valence-corrected chi connectivity index (χ4v) is 4.81. The maximum atomic E-state index is 13.0. The van der Waals surface area contributed by atoms with Gasteiger partial charge in [-0.3, -0.25) is 9.59 Å². The molecule has 0 spiro atoms. The maximum Gasteiger partial charge on any atom is 0.263 e. The van der Waals surface area contributed by atoms with Crippen LogP contribution in [0.25, 0.3) is 0 Å². The predicted molar refractivity (Wildman–Crippen MR) is 115 cm³/mol. The van der Waals surface area contributed by atoms with Crippen molar-refractivity contribution in [3.8, 4) is 5.75 Å². The third-order valence-electron chi connectivity index (χ3n) is 5.89. The minimum atomic E-state index is 0.0370. The Bertz CT molecular complexity index is 821. The smallest absolute Gasteiger partial charge is 0.263 e. The van der Waals surface area contributed by atoms with Crippen LogP contribution >= 0.6 is 11.3 Å². The molecule has 0 N–H and O–H groups in total. The molecular formula is C22H27N3O3S. The Morgan fingerprint density at radius 1 is 0.931 bits per heavy atom. The van der Waals surface area contributed by atoms with Crippen LogP contribution in [-0.4, -0.2) is 68.0 Å². The standard InChI is InChI=1S/C22H27N3O3S/c1-28-19-6-4-18(5-7-19)23-12-14-25(15-13-23)21(26)17-8-10-24(11-9-17)22(27)20-3-2-16-29-20/h2-7,16-17H,8-15H2,1H3. The zero-order chi connectivity index (χ0) is 20.2. The molecule has 2 aliphatic heterocycles. The van der Waals surface area contributed by atoms with Gasteiger partial charge in [-0.05, 0) is 48.6 Å². The number of piperidine rings is 1. The summed E-state index contributed by atoms with van der Waals surface area (Å²) in [5, 5.41) is 1.93. The van der Waals surface area contributed by atoms with Crippen molar-refractivity contribution in [3.63, 3.8) is 0 Å². The van der Waals surface area contributed by atoms with E-state index in [-0.39, 0.29) is 17.7 Å². The summed E-state index contributed by atoms with van der Waals surface area (Å²) in [6.45, 7) is 4.51. The Hall–Kier alpha value is -2.54. The van der Waals surface area contributed by atoms with Gasteiger partial charge in [0.2, 0.25) is 5.91 Å². The largest absolute Gasteiger partial charge is 0.497 e. The van der Waals surface area contributed by atoms with Crippen LogP contribution in [0, 0.1) is 5.92 Å².